The third-order valence-electron chi connectivity index (χ3n) is 3.24. The van der Waals surface area contributed by atoms with Gasteiger partial charge in [-0.15, -0.1) is 0 Å². The van der Waals surface area contributed by atoms with Gasteiger partial charge in [-0.3, -0.25) is 4.79 Å². The number of carbonyl (C=O) groups is 1. The molecule has 1 aliphatic carbocycles. The van der Waals surface area contributed by atoms with Gasteiger partial charge in [-0.2, -0.15) is 0 Å². The van der Waals surface area contributed by atoms with Gasteiger partial charge in [0.05, 0.1) is 18.7 Å². The number of rotatable bonds is 5. The van der Waals surface area contributed by atoms with E-state index in [1.165, 1.54) is 0 Å². The number of para-hydroxylation sites is 2. The standard InChI is InChI=1S/C13H17NO3/c1-14(8-9-7-10(9)13(15)16)11-5-3-4-6-12(11)17-2/h3-6,9-10H,7-8H2,1-2H3,(H,15,16). The van der Waals surface area contributed by atoms with E-state index in [0.717, 1.165) is 24.4 Å². The Morgan fingerprint density at radius 1 is 1.53 bits per heavy atom. The van der Waals surface area contributed by atoms with Gasteiger partial charge in [0.1, 0.15) is 5.75 Å². The first-order valence-corrected chi connectivity index (χ1v) is 5.70. The topological polar surface area (TPSA) is 49.8 Å². The van der Waals surface area contributed by atoms with Crippen LogP contribution >= 0.6 is 0 Å². The molecule has 92 valence electrons. The summed E-state index contributed by atoms with van der Waals surface area (Å²) in [5, 5.41) is 8.86. The average molecular weight is 235 g/mol. The van der Waals surface area contributed by atoms with E-state index in [-0.39, 0.29) is 11.8 Å². The van der Waals surface area contributed by atoms with E-state index in [1.807, 2.05) is 31.3 Å². The maximum atomic E-state index is 10.8. The lowest BCUT2D eigenvalue weighted by Gasteiger charge is -2.21. The van der Waals surface area contributed by atoms with E-state index in [9.17, 15) is 4.79 Å². The molecule has 0 heterocycles. The highest BCUT2D eigenvalue weighted by molar-refractivity contribution is 5.73. The lowest BCUT2D eigenvalue weighted by atomic mass is 10.2. The second-order valence-corrected chi connectivity index (χ2v) is 4.49. The number of anilines is 1. The molecule has 0 aliphatic heterocycles. The van der Waals surface area contributed by atoms with Crippen molar-refractivity contribution in [3.8, 4) is 5.75 Å². The Balaban J connectivity index is 2.00. The van der Waals surface area contributed by atoms with Crippen LogP contribution in [-0.4, -0.2) is 31.8 Å². The minimum atomic E-state index is -0.677. The molecule has 0 radical (unpaired) electrons. The van der Waals surface area contributed by atoms with Gasteiger partial charge in [0.25, 0.3) is 0 Å². The molecule has 4 nitrogen and oxygen atoms in total. The summed E-state index contributed by atoms with van der Waals surface area (Å²) in [5.41, 5.74) is 1.01. The Hall–Kier alpha value is -1.71. The van der Waals surface area contributed by atoms with Crippen molar-refractivity contribution in [2.24, 2.45) is 11.8 Å². The summed E-state index contributed by atoms with van der Waals surface area (Å²) in [7, 11) is 3.61. The van der Waals surface area contributed by atoms with Gasteiger partial charge in [0.15, 0.2) is 0 Å². The second kappa shape index (κ2) is 4.65. The van der Waals surface area contributed by atoms with Gasteiger partial charge in [-0.25, -0.2) is 0 Å². The molecule has 17 heavy (non-hydrogen) atoms. The van der Waals surface area contributed by atoms with Crippen molar-refractivity contribution in [1.29, 1.82) is 0 Å². The number of carboxylic acids is 1. The van der Waals surface area contributed by atoms with Crippen LogP contribution in [0.15, 0.2) is 24.3 Å². The fourth-order valence-corrected chi connectivity index (χ4v) is 2.15. The van der Waals surface area contributed by atoms with Gasteiger partial charge < -0.3 is 14.7 Å². The van der Waals surface area contributed by atoms with Crippen molar-refractivity contribution >= 4 is 11.7 Å². The van der Waals surface area contributed by atoms with Gasteiger partial charge in [0, 0.05) is 13.6 Å². The molecule has 4 heteroatoms. The second-order valence-electron chi connectivity index (χ2n) is 4.49. The number of aliphatic carboxylic acids is 1. The molecule has 0 amide bonds. The molecule has 1 aromatic carbocycles. The molecule has 0 bridgehead atoms. The molecule has 1 N–H and O–H groups in total. The van der Waals surface area contributed by atoms with Crippen LogP contribution in [0, 0.1) is 11.8 Å². The summed E-state index contributed by atoms with van der Waals surface area (Å²) in [5.74, 6) is 0.250. The van der Waals surface area contributed by atoms with Crippen molar-refractivity contribution < 1.29 is 14.6 Å². The first-order valence-electron chi connectivity index (χ1n) is 5.70. The van der Waals surface area contributed by atoms with Crippen LogP contribution in [0.5, 0.6) is 5.75 Å². The van der Waals surface area contributed by atoms with Gasteiger partial charge in [0.2, 0.25) is 0 Å². The van der Waals surface area contributed by atoms with Crippen LogP contribution in [0.4, 0.5) is 5.69 Å². The Morgan fingerprint density at radius 2 is 2.24 bits per heavy atom. The van der Waals surface area contributed by atoms with Crippen molar-refractivity contribution in [1.82, 2.24) is 0 Å². The SMILES string of the molecule is COc1ccccc1N(C)CC1CC1C(=O)O. The normalized spacial score (nSPS) is 22.0. The summed E-state index contributed by atoms with van der Waals surface area (Å²) in [6, 6.07) is 7.77. The van der Waals surface area contributed by atoms with E-state index in [0.29, 0.717) is 0 Å². The first kappa shape index (κ1) is 11.8. The van der Waals surface area contributed by atoms with Crippen LogP contribution in [-0.2, 0) is 4.79 Å². The van der Waals surface area contributed by atoms with Crippen LogP contribution in [0.3, 0.4) is 0 Å². The number of methoxy groups -OCH3 is 1. The number of hydrogen-bond donors (Lipinski definition) is 1. The summed E-state index contributed by atoms with van der Waals surface area (Å²) >= 11 is 0. The summed E-state index contributed by atoms with van der Waals surface area (Å²) in [6.45, 7) is 0.761. The number of hydrogen-bond acceptors (Lipinski definition) is 3. The van der Waals surface area contributed by atoms with Gasteiger partial charge >= 0.3 is 5.97 Å². The predicted molar refractivity (Wildman–Crippen MR) is 65.5 cm³/mol. The molecule has 1 saturated carbocycles. The van der Waals surface area contributed by atoms with E-state index in [4.69, 9.17) is 9.84 Å². The van der Waals surface area contributed by atoms with E-state index < -0.39 is 5.97 Å². The highest BCUT2D eigenvalue weighted by Crippen LogP contribution is 2.40. The quantitative estimate of drug-likeness (QED) is 0.846. The average Bonchev–Trinajstić information content (AvgIpc) is 3.08. The maximum Gasteiger partial charge on any atom is 0.306 e. The Kier molecular flexibility index (Phi) is 3.22. The molecule has 1 aliphatic rings. The summed E-state index contributed by atoms with van der Waals surface area (Å²) in [6.07, 6.45) is 0.787. The lowest BCUT2D eigenvalue weighted by molar-refractivity contribution is -0.138. The van der Waals surface area contributed by atoms with Crippen LogP contribution in [0.1, 0.15) is 6.42 Å². The van der Waals surface area contributed by atoms with Crippen LogP contribution in [0.2, 0.25) is 0 Å². The van der Waals surface area contributed by atoms with E-state index >= 15 is 0 Å². The molecule has 2 rings (SSSR count). The van der Waals surface area contributed by atoms with Crippen LogP contribution < -0.4 is 9.64 Å². The molecule has 0 saturated heterocycles. The third kappa shape index (κ3) is 2.52. The largest absolute Gasteiger partial charge is 0.495 e. The van der Waals surface area contributed by atoms with Crippen molar-refractivity contribution in [3.05, 3.63) is 24.3 Å². The molecular formula is C13H17NO3. The maximum absolute atomic E-state index is 10.8. The molecule has 0 spiro atoms. The zero-order chi connectivity index (χ0) is 12.4. The van der Waals surface area contributed by atoms with Gasteiger partial charge in [-0.1, -0.05) is 12.1 Å². The van der Waals surface area contributed by atoms with Gasteiger partial charge in [-0.05, 0) is 24.5 Å². The minimum absolute atomic E-state index is 0.160. The summed E-state index contributed by atoms with van der Waals surface area (Å²) in [4.78, 5) is 12.8. The predicted octanol–water partition coefficient (Wildman–Crippen LogP) is 1.85. The Morgan fingerprint density at radius 3 is 2.82 bits per heavy atom. The highest BCUT2D eigenvalue weighted by atomic mass is 16.5. The summed E-state index contributed by atoms with van der Waals surface area (Å²) < 4.78 is 5.28. The molecule has 1 fully saturated rings. The number of benzene rings is 1. The molecule has 0 aromatic heterocycles. The molecule has 1 aromatic rings. The Bertz CT molecular complexity index is 419. The molecule has 2 unspecified atom stereocenters. The van der Waals surface area contributed by atoms with Crippen molar-refractivity contribution in [3.63, 3.8) is 0 Å². The Labute approximate surface area is 101 Å². The van der Waals surface area contributed by atoms with E-state index in [2.05, 4.69) is 4.90 Å². The number of carboxylic acid groups (broad SMARTS) is 1. The van der Waals surface area contributed by atoms with E-state index in [1.54, 1.807) is 7.11 Å². The fourth-order valence-electron chi connectivity index (χ4n) is 2.15. The monoisotopic (exact) mass is 235 g/mol. The molecular weight excluding hydrogens is 218 g/mol. The van der Waals surface area contributed by atoms with Crippen molar-refractivity contribution in [2.45, 2.75) is 6.42 Å². The zero-order valence-electron chi connectivity index (χ0n) is 10.1. The third-order valence-corrected chi connectivity index (χ3v) is 3.24. The minimum Gasteiger partial charge on any atom is -0.495 e. The van der Waals surface area contributed by atoms with Crippen molar-refractivity contribution in [2.75, 3.05) is 25.6 Å². The highest BCUT2D eigenvalue weighted by Gasteiger charge is 2.43. The molecule has 2 atom stereocenters. The lowest BCUT2D eigenvalue weighted by Crippen LogP contribution is -2.22. The smallest absolute Gasteiger partial charge is 0.306 e. The number of ether oxygens (including phenoxy) is 1. The first-order chi connectivity index (χ1) is 8.13. The zero-order valence-corrected chi connectivity index (χ0v) is 10.1. The van der Waals surface area contributed by atoms with Crippen LogP contribution in [0.25, 0.3) is 0 Å². The fraction of sp³-hybridized carbons (Fsp3) is 0.462. The number of nitrogens with zero attached hydrogens (tertiary/aromatic N) is 1.